The molecule has 0 saturated carbocycles. The van der Waals surface area contributed by atoms with E-state index in [2.05, 4.69) is 42.7 Å². The van der Waals surface area contributed by atoms with Crippen LogP contribution in [-0.2, 0) is 13.0 Å². The topological polar surface area (TPSA) is 19.7 Å². The molecule has 1 N–H and O–H groups in total. The third kappa shape index (κ3) is 12.5. The third-order valence-electron chi connectivity index (χ3n) is 5.55. The number of hydrogen-bond acceptors (Lipinski definition) is 0. The lowest BCUT2D eigenvalue weighted by atomic mass is 10.0. The van der Waals surface area contributed by atoms with E-state index in [9.17, 15) is 0 Å². The van der Waals surface area contributed by atoms with Gasteiger partial charge in [-0.05, 0) is 18.8 Å². The van der Waals surface area contributed by atoms with Crippen molar-refractivity contribution in [2.45, 2.75) is 130 Å². The number of hydrogen-bond donors (Lipinski definition) is 1. The first kappa shape index (κ1) is 23.2. The molecule has 1 aromatic rings. The molecule has 0 unspecified atom stereocenters. The van der Waals surface area contributed by atoms with E-state index in [-0.39, 0.29) is 0 Å². The van der Waals surface area contributed by atoms with Crippen molar-refractivity contribution in [2.75, 3.05) is 0 Å². The molecule has 152 valence electrons. The first-order valence-corrected chi connectivity index (χ1v) is 11.8. The molecular formula is C24H47N2+. The van der Waals surface area contributed by atoms with Crippen molar-refractivity contribution in [2.24, 2.45) is 5.92 Å². The highest BCUT2D eigenvalue weighted by atomic mass is 15.1. The van der Waals surface area contributed by atoms with Crippen LogP contribution in [0.4, 0.5) is 0 Å². The van der Waals surface area contributed by atoms with Crippen molar-refractivity contribution < 1.29 is 4.57 Å². The normalized spacial score (nSPS) is 11.5. The lowest BCUT2D eigenvalue weighted by Gasteiger charge is -2.05. The second kappa shape index (κ2) is 16.4. The Kier molecular flexibility index (Phi) is 14.7. The van der Waals surface area contributed by atoms with Crippen LogP contribution in [0.25, 0.3) is 0 Å². The number of H-pyrrole nitrogens is 1. The van der Waals surface area contributed by atoms with Crippen LogP contribution in [0.3, 0.4) is 0 Å². The third-order valence-corrected chi connectivity index (χ3v) is 5.55. The van der Waals surface area contributed by atoms with Gasteiger partial charge in [0.2, 0.25) is 0 Å². The summed E-state index contributed by atoms with van der Waals surface area (Å²) in [6, 6.07) is 0. The molecule has 0 aromatic carbocycles. The predicted molar refractivity (Wildman–Crippen MR) is 114 cm³/mol. The first-order valence-electron chi connectivity index (χ1n) is 11.8. The van der Waals surface area contributed by atoms with E-state index in [4.69, 9.17) is 0 Å². The van der Waals surface area contributed by atoms with E-state index in [0.29, 0.717) is 0 Å². The summed E-state index contributed by atoms with van der Waals surface area (Å²) in [6.07, 6.45) is 26.7. The van der Waals surface area contributed by atoms with Crippen LogP contribution >= 0.6 is 0 Å². The number of aromatic nitrogens is 2. The predicted octanol–water partition coefficient (Wildman–Crippen LogP) is 7.37. The summed E-state index contributed by atoms with van der Waals surface area (Å²) in [7, 11) is 0. The fourth-order valence-electron chi connectivity index (χ4n) is 3.76. The number of aromatic amines is 1. The van der Waals surface area contributed by atoms with Crippen LogP contribution in [0.2, 0.25) is 0 Å². The molecule has 0 saturated heterocycles. The van der Waals surface area contributed by atoms with Gasteiger partial charge in [-0.25, -0.2) is 9.55 Å². The Balaban J connectivity index is 1.83. The highest BCUT2D eigenvalue weighted by Gasteiger charge is 2.08. The van der Waals surface area contributed by atoms with Crippen molar-refractivity contribution in [3.8, 4) is 0 Å². The molecule has 0 spiro atoms. The highest BCUT2D eigenvalue weighted by molar-refractivity contribution is 4.77. The maximum absolute atomic E-state index is 3.43. The van der Waals surface area contributed by atoms with Gasteiger partial charge in [0.05, 0.1) is 6.54 Å². The van der Waals surface area contributed by atoms with Crippen molar-refractivity contribution in [3.63, 3.8) is 0 Å². The minimum absolute atomic E-state index is 0.889. The summed E-state index contributed by atoms with van der Waals surface area (Å²) >= 11 is 0. The summed E-state index contributed by atoms with van der Waals surface area (Å²) < 4.78 is 2.41. The zero-order valence-corrected chi connectivity index (χ0v) is 18.2. The molecule has 0 amide bonds. The van der Waals surface area contributed by atoms with Gasteiger partial charge in [-0.3, -0.25) is 0 Å². The molecule has 2 heteroatoms. The quantitative estimate of drug-likeness (QED) is 0.207. The molecule has 1 heterocycles. The van der Waals surface area contributed by atoms with Gasteiger partial charge in [-0.15, -0.1) is 0 Å². The molecule has 0 atom stereocenters. The largest absolute Gasteiger partial charge is 0.254 e. The second-order valence-corrected chi connectivity index (χ2v) is 8.63. The molecule has 0 aliphatic rings. The highest BCUT2D eigenvalue weighted by Crippen LogP contribution is 2.14. The van der Waals surface area contributed by atoms with Crippen molar-refractivity contribution in [1.29, 1.82) is 0 Å². The van der Waals surface area contributed by atoms with Gasteiger partial charge in [-0.1, -0.05) is 104 Å². The summed E-state index contributed by atoms with van der Waals surface area (Å²) in [5, 5.41) is 0. The van der Waals surface area contributed by atoms with E-state index in [1.54, 1.807) is 0 Å². The van der Waals surface area contributed by atoms with Crippen LogP contribution in [0, 0.1) is 5.92 Å². The fourth-order valence-corrected chi connectivity index (χ4v) is 3.76. The summed E-state index contributed by atoms with van der Waals surface area (Å²) in [4.78, 5) is 3.43. The van der Waals surface area contributed by atoms with Crippen LogP contribution in [0.5, 0.6) is 0 Å². The zero-order chi connectivity index (χ0) is 18.9. The van der Waals surface area contributed by atoms with Crippen molar-refractivity contribution in [3.05, 3.63) is 18.2 Å². The van der Waals surface area contributed by atoms with Gasteiger partial charge in [0.15, 0.2) is 0 Å². The average molecular weight is 364 g/mol. The lowest BCUT2D eigenvalue weighted by molar-refractivity contribution is -0.703. The van der Waals surface area contributed by atoms with E-state index < -0.39 is 0 Å². The van der Waals surface area contributed by atoms with Crippen LogP contribution in [-0.4, -0.2) is 4.98 Å². The maximum atomic E-state index is 3.43. The number of nitrogens with one attached hydrogen (secondary N) is 1. The summed E-state index contributed by atoms with van der Waals surface area (Å²) in [6.45, 7) is 8.11. The fraction of sp³-hybridized carbons (Fsp3) is 0.875. The molecule has 2 nitrogen and oxygen atoms in total. The van der Waals surface area contributed by atoms with Crippen molar-refractivity contribution in [1.82, 2.24) is 4.98 Å². The van der Waals surface area contributed by atoms with E-state index in [1.165, 1.54) is 115 Å². The van der Waals surface area contributed by atoms with Crippen molar-refractivity contribution >= 4 is 0 Å². The van der Waals surface area contributed by atoms with Crippen LogP contribution in [0.1, 0.15) is 123 Å². The van der Waals surface area contributed by atoms with E-state index >= 15 is 0 Å². The Morgan fingerprint density at radius 1 is 0.769 bits per heavy atom. The standard InChI is InChI=1S/C24H46N2/c1-4-5-21-26-22-20-25-24(26)19-17-15-13-11-9-7-6-8-10-12-14-16-18-23(2)3/h20,22-23H,4-19,21H2,1-3H3/p+1. The van der Waals surface area contributed by atoms with Gasteiger partial charge in [0.25, 0.3) is 5.82 Å². The summed E-state index contributed by atoms with van der Waals surface area (Å²) in [5.41, 5.74) is 0. The Morgan fingerprint density at radius 2 is 1.31 bits per heavy atom. The molecule has 0 bridgehead atoms. The van der Waals surface area contributed by atoms with Gasteiger partial charge < -0.3 is 0 Å². The first-order chi connectivity index (χ1) is 12.7. The Hall–Kier alpha value is -0.790. The monoisotopic (exact) mass is 363 g/mol. The smallest absolute Gasteiger partial charge is 0.248 e. The average Bonchev–Trinajstić information content (AvgIpc) is 3.07. The molecule has 0 aliphatic heterocycles. The van der Waals surface area contributed by atoms with Crippen LogP contribution < -0.4 is 4.57 Å². The van der Waals surface area contributed by atoms with E-state index in [1.807, 2.05) is 0 Å². The SMILES string of the molecule is CCCC[n+]1cc[nH]c1CCCCCCCCCCCCCCC(C)C. The number of nitrogens with zero attached hydrogens (tertiary/aromatic N) is 1. The Bertz CT molecular complexity index is 408. The molecule has 1 rings (SSSR count). The second-order valence-electron chi connectivity index (χ2n) is 8.63. The Labute approximate surface area is 164 Å². The molecule has 0 aliphatic carbocycles. The number of unbranched alkanes of at least 4 members (excludes halogenated alkanes) is 12. The van der Waals surface area contributed by atoms with Gasteiger partial charge in [0, 0.05) is 6.42 Å². The molecule has 0 radical (unpaired) electrons. The molecule has 0 fully saturated rings. The zero-order valence-electron chi connectivity index (χ0n) is 18.2. The summed E-state index contributed by atoms with van der Waals surface area (Å²) in [5.74, 6) is 2.31. The maximum Gasteiger partial charge on any atom is 0.254 e. The van der Waals surface area contributed by atoms with Gasteiger partial charge in [-0.2, -0.15) is 0 Å². The van der Waals surface area contributed by atoms with Gasteiger partial charge >= 0.3 is 0 Å². The lowest BCUT2D eigenvalue weighted by Crippen LogP contribution is -2.35. The minimum atomic E-state index is 0.889. The van der Waals surface area contributed by atoms with E-state index in [0.717, 1.165) is 5.92 Å². The Morgan fingerprint density at radius 3 is 1.85 bits per heavy atom. The minimum Gasteiger partial charge on any atom is -0.248 e. The number of aryl methyl sites for hydroxylation is 2. The molecular weight excluding hydrogens is 316 g/mol. The van der Waals surface area contributed by atoms with Gasteiger partial charge in [0.1, 0.15) is 12.4 Å². The number of rotatable bonds is 18. The molecule has 26 heavy (non-hydrogen) atoms. The van der Waals surface area contributed by atoms with Crippen LogP contribution in [0.15, 0.2) is 12.4 Å². The number of imidazole rings is 1. The molecule has 1 aromatic heterocycles.